The van der Waals surface area contributed by atoms with Crippen molar-refractivity contribution in [2.75, 3.05) is 0 Å². The van der Waals surface area contributed by atoms with Crippen LogP contribution in [0.15, 0.2) is 59.5 Å². The Morgan fingerprint density at radius 3 is 2.07 bits per heavy atom. The van der Waals surface area contributed by atoms with E-state index in [-0.39, 0.29) is 17.7 Å². The number of nitrogens with one attached hydrogen (secondary N) is 1. The average Bonchev–Trinajstić information content (AvgIpc) is 2.66. The van der Waals surface area contributed by atoms with Gasteiger partial charge in [-0.1, -0.05) is 69.3 Å². The van der Waals surface area contributed by atoms with Gasteiger partial charge in [0, 0.05) is 15.9 Å². The number of carbonyl (C=O) groups is 2. The molecule has 0 saturated carbocycles. The maximum absolute atomic E-state index is 13.1. The Labute approximate surface area is 163 Å². The van der Waals surface area contributed by atoms with Gasteiger partial charge in [0.2, 0.25) is 5.91 Å². The first kappa shape index (κ1) is 21.0. The van der Waals surface area contributed by atoms with Crippen LogP contribution in [0.2, 0.25) is 0 Å². The molecule has 1 N–H and O–H groups in total. The smallest absolute Gasteiger partial charge is 0.225 e. The minimum absolute atomic E-state index is 0.0796. The van der Waals surface area contributed by atoms with Gasteiger partial charge in [0.05, 0.1) is 22.1 Å². The summed E-state index contributed by atoms with van der Waals surface area (Å²) in [6, 6.07) is 15.8. The third kappa shape index (κ3) is 5.13. The van der Waals surface area contributed by atoms with Crippen molar-refractivity contribution in [2.24, 2.45) is 5.41 Å². The molecule has 2 rings (SSSR count). The molecule has 0 aromatic heterocycles. The maximum atomic E-state index is 13.1. The quantitative estimate of drug-likeness (QED) is 0.755. The molecule has 0 heterocycles. The van der Waals surface area contributed by atoms with E-state index in [0.717, 1.165) is 5.56 Å². The summed E-state index contributed by atoms with van der Waals surface area (Å²) in [7, 11) is -1.53. The fourth-order valence-corrected chi connectivity index (χ4v) is 4.04. The lowest BCUT2D eigenvalue weighted by molar-refractivity contribution is -0.129. The lowest BCUT2D eigenvalue weighted by atomic mass is 9.94. The van der Waals surface area contributed by atoms with Crippen LogP contribution in [0.4, 0.5) is 0 Å². The molecule has 3 atom stereocenters. The van der Waals surface area contributed by atoms with E-state index < -0.39 is 21.5 Å². The number of amides is 1. The van der Waals surface area contributed by atoms with Gasteiger partial charge in [-0.25, -0.2) is 0 Å². The summed E-state index contributed by atoms with van der Waals surface area (Å²) in [5.74, 6) is -0.237. The zero-order valence-electron chi connectivity index (χ0n) is 16.5. The highest BCUT2D eigenvalue weighted by Gasteiger charge is 2.27. The van der Waals surface area contributed by atoms with E-state index in [1.165, 1.54) is 0 Å². The molecular formula is C22H27NO3S. The molecule has 27 heavy (non-hydrogen) atoms. The number of hydrogen-bond acceptors (Lipinski definition) is 3. The number of ketones is 1. The number of carbonyl (C=O) groups excluding carboxylic acids is 2. The highest BCUT2D eigenvalue weighted by atomic mass is 32.2. The van der Waals surface area contributed by atoms with E-state index in [2.05, 4.69) is 5.32 Å². The molecule has 144 valence electrons. The average molecular weight is 386 g/mol. The molecule has 0 spiro atoms. The maximum Gasteiger partial charge on any atom is 0.225 e. The van der Waals surface area contributed by atoms with Crippen LogP contribution in [0.25, 0.3) is 0 Å². The molecule has 0 aliphatic carbocycles. The Morgan fingerprint density at radius 2 is 1.48 bits per heavy atom. The largest absolute Gasteiger partial charge is 0.349 e. The molecule has 2 aromatic rings. The summed E-state index contributed by atoms with van der Waals surface area (Å²) in [6.07, 6.45) is 0. The van der Waals surface area contributed by atoms with Crippen LogP contribution in [0.5, 0.6) is 0 Å². The second kappa shape index (κ2) is 8.61. The molecule has 0 bridgehead atoms. The second-order valence-corrected chi connectivity index (χ2v) is 9.39. The summed E-state index contributed by atoms with van der Waals surface area (Å²) in [5, 5.41) is 2.29. The summed E-state index contributed by atoms with van der Waals surface area (Å²) in [5.41, 5.74) is 0.796. The second-order valence-electron chi connectivity index (χ2n) is 7.65. The molecule has 0 aliphatic rings. The third-order valence-corrected chi connectivity index (χ3v) is 6.04. The van der Waals surface area contributed by atoms with Crippen LogP contribution in [0.3, 0.4) is 0 Å². The monoisotopic (exact) mass is 385 g/mol. The predicted octanol–water partition coefficient (Wildman–Crippen LogP) is 4.29. The number of Topliss-reactive ketones (excluding diaryl/α,β-unsaturated/α-hetero) is 1. The van der Waals surface area contributed by atoms with Crippen LogP contribution >= 0.6 is 0 Å². The van der Waals surface area contributed by atoms with Gasteiger partial charge in [-0.3, -0.25) is 13.8 Å². The lowest BCUT2D eigenvalue weighted by Gasteiger charge is -2.24. The molecule has 0 aliphatic heterocycles. The summed E-state index contributed by atoms with van der Waals surface area (Å²) in [4.78, 5) is 25.6. The Morgan fingerprint density at radius 1 is 0.926 bits per heavy atom. The van der Waals surface area contributed by atoms with Gasteiger partial charge in [-0.05, 0) is 25.5 Å². The van der Waals surface area contributed by atoms with E-state index >= 15 is 0 Å². The zero-order valence-corrected chi connectivity index (χ0v) is 17.3. The zero-order chi connectivity index (χ0) is 20.2. The molecule has 2 unspecified atom stereocenters. The highest BCUT2D eigenvalue weighted by Crippen LogP contribution is 2.25. The van der Waals surface area contributed by atoms with Crippen LogP contribution in [0.1, 0.15) is 56.6 Å². The highest BCUT2D eigenvalue weighted by molar-refractivity contribution is 7.86. The Balaban J connectivity index is 2.27. The lowest BCUT2D eigenvalue weighted by Crippen LogP contribution is -2.37. The van der Waals surface area contributed by atoms with Gasteiger partial charge < -0.3 is 5.32 Å². The van der Waals surface area contributed by atoms with Crippen molar-refractivity contribution in [1.29, 1.82) is 0 Å². The Bertz CT molecular complexity index is 840. The molecule has 2 aromatic carbocycles. The SMILES string of the molecule is CC(C(=O)c1ccccc1)S(=O)c1ccccc1[C@@H](C)NC(=O)C(C)(C)C. The van der Waals surface area contributed by atoms with E-state index in [0.29, 0.717) is 10.5 Å². The van der Waals surface area contributed by atoms with Crippen molar-refractivity contribution >= 4 is 22.5 Å². The number of hydrogen-bond donors (Lipinski definition) is 1. The summed E-state index contributed by atoms with van der Waals surface area (Å²) in [6.45, 7) is 9.09. The Hall–Kier alpha value is -2.27. The first-order valence-corrected chi connectivity index (χ1v) is 10.2. The minimum Gasteiger partial charge on any atom is -0.349 e. The van der Waals surface area contributed by atoms with Crippen LogP contribution in [-0.4, -0.2) is 21.1 Å². The Kier molecular flexibility index (Phi) is 6.71. The topological polar surface area (TPSA) is 63.2 Å². The third-order valence-electron chi connectivity index (χ3n) is 4.38. The van der Waals surface area contributed by atoms with E-state index in [1.807, 2.05) is 45.9 Å². The normalized spacial score (nSPS) is 14.9. The summed E-state index contributed by atoms with van der Waals surface area (Å²) >= 11 is 0. The number of rotatable bonds is 6. The van der Waals surface area contributed by atoms with Crippen molar-refractivity contribution in [2.45, 2.75) is 50.8 Å². The fraction of sp³-hybridized carbons (Fsp3) is 0.364. The minimum atomic E-state index is -1.53. The standard InChI is InChI=1S/C22H27NO3S/c1-15(23-21(25)22(3,4)5)18-13-9-10-14-19(18)27(26)16(2)20(24)17-11-7-6-8-12-17/h6-16H,1-5H3,(H,23,25)/t15-,16?,27?/m1/s1. The van der Waals surface area contributed by atoms with Gasteiger partial charge in [-0.15, -0.1) is 0 Å². The van der Waals surface area contributed by atoms with Gasteiger partial charge in [-0.2, -0.15) is 0 Å². The molecular weight excluding hydrogens is 358 g/mol. The molecule has 4 nitrogen and oxygen atoms in total. The molecule has 0 fully saturated rings. The fourth-order valence-electron chi connectivity index (χ4n) is 2.64. The van der Waals surface area contributed by atoms with Crippen LogP contribution < -0.4 is 5.32 Å². The van der Waals surface area contributed by atoms with Crippen molar-refractivity contribution in [3.8, 4) is 0 Å². The van der Waals surface area contributed by atoms with E-state index in [9.17, 15) is 13.8 Å². The predicted molar refractivity (Wildman–Crippen MR) is 109 cm³/mol. The molecule has 0 radical (unpaired) electrons. The van der Waals surface area contributed by atoms with Gasteiger partial charge in [0.15, 0.2) is 5.78 Å². The van der Waals surface area contributed by atoms with Gasteiger partial charge >= 0.3 is 0 Å². The molecule has 0 saturated heterocycles. The van der Waals surface area contributed by atoms with Gasteiger partial charge in [0.1, 0.15) is 0 Å². The van der Waals surface area contributed by atoms with Crippen molar-refractivity contribution in [1.82, 2.24) is 5.32 Å². The van der Waals surface area contributed by atoms with Crippen LogP contribution in [-0.2, 0) is 15.6 Å². The first-order valence-electron chi connectivity index (χ1n) is 9.02. The number of benzene rings is 2. The first-order chi connectivity index (χ1) is 12.6. The van der Waals surface area contributed by atoms with Gasteiger partial charge in [0.25, 0.3) is 0 Å². The van der Waals surface area contributed by atoms with Crippen molar-refractivity contribution in [3.63, 3.8) is 0 Å². The van der Waals surface area contributed by atoms with Crippen molar-refractivity contribution in [3.05, 3.63) is 65.7 Å². The summed E-state index contributed by atoms with van der Waals surface area (Å²) < 4.78 is 13.1. The van der Waals surface area contributed by atoms with E-state index in [4.69, 9.17) is 0 Å². The molecule has 1 amide bonds. The van der Waals surface area contributed by atoms with Crippen molar-refractivity contribution < 1.29 is 13.8 Å². The van der Waals surface area contributed by atoms with Crippen LogP contribution in [0, 0.1) is 5.41 Å². The molecule has 5 heteroatoms. The van der Waals surface area contributed by atoms with E-state index in [1.54, 1.807) is 43.3 Å².